The van der Waals surface area contributed by atoms with E-state index in [2.05, 4.69) is 26.1 Å². The van der Waals surface area contributed by atoms with E-state index in [1.54, 1.807) is 12.1 Å². The second-order valence-corrected chi connectivity index (χ2v) is 6.67. The van der Waals surface area contributed by atoms with Gasteiger partial charge in [0.05, 0.1) is 5.56 Å². The van der Waals surface area contributed by atoms with Crippen molar-refractivity contribution < 1.29 is 4.79 Å². The van der Waals surface area contributed by atoms with Gasteiger partial charge in [0.25, 0.3) is 5.91 Å². The first kappa shape index (κ1) is 13.9. The highest BCUT2D eigenvalue weighted by Gasteiger charge is 2.32. The second-order valence-electron chi connectivity index (χ2n) is 6.67. The van der Waals surface area contributed by atoms with Gasteiger partial charge in [0, 0.05) is 11.7 Å². The molecular formula is C16H24N2O. The van der Waals surface area contributed by atoms with Gasteiger partial charge < -0.3 is 11.1 Å². The van der Waals surface area contributed by atoms with Crippen LogP contribution in [-0.2, 0) is 0 Å². The van der Waals surface area contributed by atoms with Gasteiger partial charge >= 0.3 is 0 Å². The molecule has 1 fully saturated rings. The van der Waals surface area contributed by atoms with Gasteiger partial charge in [-0.05, 0) is 42.7 Å². The van der Waals surface area contributed by atoms with Gasteiger partial charge in [-0.2, -0.15) is 0 Å². The fourth-order valence-electron chi connectivity index (χ4n) is 3.42. The smallest absolute Gasteiger partial charge is 0.253 e. The van der Waals surface area contributed by atoms with Crippen LogP contribution in [0.1, 0.15) is 50.4 Å². The summed E-state index contributed by atoms with van der Waals surface area (Å²) in [5.41, 5.74) is 7.28. The van der Waals surface area contributed by atoms with Crippen LogP contribution in [0, 0.1) is 11.3 Å². The van der Waals surface area contributed by atoms with E-state index in [0.29, 0.717) is 22.6 Å². The Morgan fingerprint density at radius 3 is 2.63 bits per heavy atom. The predicted octanol–water partition coefficient (Wildman–Crippen LogP) is 3.21. The Labute approximate surface area is 115 Å². The summed E-state index contributed by atoms with van der Waals surface area (Å²) in [5.74, 6) is 0.607. The summed E-state index contributed by atoms with van der Waals surface area (Å²) >= 11 is 0. The number of hydrogen-bond acceptors (Lipinski definition) is 2. The predicted molar refractivity (Wildman–Crippen MR) is 78.9 cm³/mol. The van der Waals surface area contributed by atoms with E-state index < -0.39 is 0 Å². The summed E-state index contributed by atoms with van der Waals surface area (Å²) in [4.78, 5) is 12.3. The van der Waals surface area contributed by atoms with Crippen LogP contribution >= 0.6 is 0 Å². The maximum Gasteiger partial charge on any atom is 0.253 e. The van der Waals surface area contributed by atoms with Crippen LogP contribution in [0.25, 0.3) is 0 Å². The number of anilines is 1. The van der Waals surface area contributed by atoms with Crippen molar-refractivity contribution >= 4 is 11.6 Å². The Morgan fingerprint density at radius 2 is 2.00 bits per heavy atom. The molecule has 0 unspecified atom stereocenters. The summed E-state index contributed by atoms with van der Waals surface area (Å²) in [6.07, 6.45) is 3.32. The highest BCUT2D eigenvalue weighted by atomic mass is 16.1. The van der Waals surface area contributed by atoms with E-state index in [1.165, 1.54) is 6.42 Å². The number of nitrogens with two attached hydrogens (primary N) is 1. The Balaban J connectivity index is 2.05. The largest absolute Gasteiger partial charge is 0.398 e. The zero-order valence-corrected chi connectivity index (χ0v) is 12.1. The lowest BCUT2D eigenvalue weighted by atomic mass is 9.70. The lowest BCUT2D eigenvalue weighted by Crippen LogP contribution is -2.43. The summed E-state index contributed by atoms with van der Waals surface area (Å²) in [5, 5.41) is 3.14. The number of rotatable bonds is 2. The molecule has 3 N–H and O–H groups in total. The number of nitrogen functional groups attached to an aromatic ring is 1. The van der Waals surface area contributed by atoms with Crippen molar-refractivity contribution in [3.05, 3.63) is 29.8 Å². The number of benzene rings is 1. The van der Waals surface area contributed by atoms with Crippen LogP contribution in [0.15, 0.2) is 24.3 Å². The number of nitrogens with one attached hydrogen (secondary N) is 1. The van der Waals surface area contributed by atoms with Crippen LogP contribution in [0.3, 0.4) is 0 Å². The monoisotopic (exact) mass is 260 g/mol. The molecule has 3 heteroatoms. The molecule has 0 radical (unpaired) electrons. The molecule has 19 heavy (non-hydrogen) atoms. The minimum absolute atomic E-state index is 0.0481. The van der Waals surface area contributed by atoms with E-state index in [0.717, 1.165) is 12.8 Å². The standard InChI is InChI=1S/C16H24N2O/c1-11-8-12(10-16(2,3)9-11)18-15(19)13-6-4-5-7-14(13)17/h4-7,11-12H,8-10,17H2,1-3H3,(H,18,19)/t11-,12+/m0/s1. The Kier molecular flexibility index (Phi) is 3.83. The molecule has 0 aliphatic heterocycles. The van der Waals surface area contributed by atoms with Crippen LogP contribution in [0.2, 0.25) is 0 Å². The fourth-order valence-corrected chi connectivity index (χ4v) is 3.42. The first-order valence-corrected chi connectivity index (χ1v) is 7.03. The van der Waals surface area contributed by atoms with E-state index in [-0.39, 0.29) is 11.9 Å². The van der Waals surface area contributed by atoms with Crippen molar-refractivity contribution in [2.75, 3.05) is 5.73 Å². The van der Waals surface area contributed by atoms with Crippen molar-refractivity contribution in [3.63, 3.8) is 0 Å². The van der Waals surface area contributed by atoms with Gasteiger partial charge in [-0.1, -0.05) is 32.9 Å². The highest BCUT2D eigenvalue weighted by Crippen LogP contribution is 2.38. The topological polar surface area (TPSA) is 55.1 Å². The Hall–Kier alpha value is -1.51. The average molecular weight is 260 g/mol. The van der Waals surface area contributed by atoms with Crippen molar-refractivity contribution in [2.45, 2.75) is 46.1 Å². The molecule has 0 heterocycles. The molecule has 0 aromatic heterocycles. The molecule has 1 aromatic carbocycles. The molecule has 104 valence electrons. The quantitative estimate of drug-likeness (QED) is 0.802. The summed E-state index contributed by atoms with van der Waals surface area (Å²) in [6.45, 7) is 6.81. The summed E-state index contributed by atoms with van der Waals surface area (Å²) < 4.78 is 0. The van der Waals surface area contributed by atoms with Gasteiger partial charge in [0.15, 0.2) is 0 Å². The van der Waals surface area contributed by atoms with Gasteiger partial charge in [-0.25, -0.2) is 0 Å². The molecular weight excluding hydrogens is 236 g/mol. The zero-order chi connectivity index (χ0) is 14.0. The molecule has 2 rings (SSSR count). The average Bonchev–Trinajstić information content (AvgIpc) is 2.26. The lowest BCUT2D eigenvalue weighted by molar-refractivity contribution is 0.0875. The molecule has 0 spiro atoms. The van der Waals surface area contributed by atoms with Gasteiger partial charge in [-0.3, -0.25) is 4.79 Å². The number of hydrogen-bond donors (Lipinski definition) is 2. The number of amides is 1. The third-order valence-corrected chi connectivity index (χ3v) is 3.93. The second kappa shape index (κ2) is 5.24. The van der Waals surface area contributed by atoms with Crippen molar-refractivity contribution in [1.29, 1.82) is 0 Å². The molecule has 1 aromatic rings. The van der Waals surface area contributed by atoms with Crippen LogP contribution in [-0.4, -0.2) is 11.9 Å². The number of carbonyl (C=O) groups excluding carboxylic acids is 1. The number of carbonyl (C=O) groups is 1. The van der Waals surface area contributed by atoms with E-state index in [4.69, 9.17) is 5.73 Å². The van der Waals surface area contributed by atoms with E-state index >= 15 is 0 Å². The third-order valence-electron chi connectivity index (χ3n) is 3.93. The summed E-state index contributed by atoms with van der Waals surface area (Å²) in [7, 11) is 0. The van der Waals surface area contributed by atoms with Crippen LogP contribution < -0.4 is 11.1 Å². The highest BCUT2D eigenvalue weighted by molar-refractivity contribution is 5.99. The zero-order valence-electron chi connectivity index (χ0n) is 12.1. The Morgan fingerprint density at radius 1 is 1.32 bits per heavy atom. The first-order valence-electron chi connectivity index (χ1n) is 7.03. The fraction of sp³-hybridized carbons (Fsp3) is 0.562. The van der Waals surface area contributed by atoms with Crippen LogP contribution in [0.4, 0.5) is 5.69 Å². The minimum atomic E-state index is -0.0481. The van der Waals surface area contributed by atoms with Gasteiger partial charge in [-0.15, -0.1) is 0 Å². The maximum atomic E-state index is 12.3. The van der Waals surface area contributed by atoms with Gasteiger partial charge in [0.2, 0.25) is 0 Å². The first-order chi connectivity index (χ1) is 8.87. The molecule has 1 saturated carbocycles. The number of para-hydroxylation sites is 1. The molecule has 3 nitrogen and oxygen atoms in total. The summed E-state index contributed by atoms with van der Waals surface area (Å²) in [6, 6.07) is 7.49. The van der Waals surface area contributed by atoms with Crippen molar-refractivity contribution in [1.82, 2.24) is 5.32 Å². The van der Waals surface area contributed by atoms with Crippen molar-refractivity contribution in [3.8, 4) is 0 Å². The molecule has 0 saturated heterocycles. The minimum Gasteiger partial charge on any atom is -0.398 e. The van der Waals surface area contributed by atoms with Gasteiger partial charge in [0.1, 0.15) is 0 Å². The Bertz CT molecular complexity index is 468. The molecule has 0 bridgehead atoms. The molecule has 1 amide bonds. The molecule has 2 atom stereocenters. The van der Waals surface area contributed by atoms with E-state index in [9.17, 15) is 4.79 Å². The third kappa shape index (κ3) is 3.49. The van der Waals surface area contributed by atoms with Crippen molar-refractivity contribution in [2.24, 2.45) is 11.3 Å². The normalized spacial score (nSPS) is 25.8. The van der Waals surface area contributed by atoms with Crippen LogP contribution in [0.5, 0.6) is 0 Å². The molecule has 1 aliphatic rings. The maximum absolute atomic E-state index is 12.3. The SMILES string of the molecule is C[C@H]1C[C@@H](NC(=O)c2ccccc2N)CC(C)(C)C1. The lowest BCUT2D eigenvalue weighted by Gasteiger charge is -2.39. The molecule has 1 aliphatic carbocycles. The van der Waals surface area contributed by atoms with E-state index in [1.807, 2.05) is 12.1 Å².